The summed E-state index contributed by atoms with van der Waals surface area (Å²) in [5, 5.41) is 26.5. The van der Waals surface area contributed by atoms with Gasteiger partial charge in [0, 0.05) is 89.3 Å². The number of piperidine rings is 3. The van der Waals surface area contributed by atoms with E-state index in [1.807, 2.05) is 37.8 Å². The van der Waals surface area contributed by atoms with Crippen LogP contribution in [-0.4, -0.2) is 156 Å². The molecule has 71 heavy (non-hydrogen) atoms. The monoisotopic (exact) mass is 980 g/mol. The molecule has 4 saturated heterocycles. The van der Waals surface area contributed by atoms with E-state index in [2.05, 4.69) is 30.7 Å². The molecular weight excluding hydrogens is 923 g/mol. The van der Waals surface area contributed by atoms with Gasteiger partial charge in [-0.2, -0.15) is 5.10 Å². The highest BCUT2D eigenvalue weighted by molar-refractivity contribution is 6.02. The van der Waals surface area contributed by atoms with Crippen molar-refractivity contribution in [2.45, 2.75) is 101 Å². The van der Waals surface area contributed by atoms with Gasteiger partial charge in [0.05, 0.1) is 22.1 Å². The number of nitrogens with two attached hydrogens (primary N) is 1. The average molecular weight is 981 g/mol. The van der Waals surface area contributed by atoms with E-state index in [0.717, 1.165) is 30.5 Å². The number of anilines is 3. The minimum Gasteiger partial charge on any atom is -0.439 e. The van der Waals surface area contributed by atoms with Crippen LogP contribution in [0.4, 0.5) is 30.8 Å². The standard InChI is InChI=1S/C48H58F2N14O7/c1-47(2,3)64-44-37(42(51)54-26-55-44)38(58-64)39-36(41(71-59-39)28-4-5-28)43-52-22-29(23-53-43)27-8-12-63(13-9-27)46(68)70-24-35(66)61-18-16-60(17-19-61)25-48(69)10-14-62(15-11-48)40-31(49)20-30(21-32(40)50)56-33-6-7-34(65)57-45(33)67/h20-23,26-28,33,56,69H,4-19,24-25H2,1-3H3,(H2,51,54,55)(H,57,65,67). The van der Waals surface area contributed by atoms with Gasteiger partial charge in [-0.25, -0.2) is 38.2 Å². The van der Waals surface area contributed by atoms with Gasteiger partial charge in [0.2, 0.25) is 11.8 Å². The minimum absolute atomic E-state index is 0.0939. The number of nitrogen functional groups attached to an aromatic ring is 1. The fourth-order valence-electron chi connectivity index (χ4n) is 10.2. The maximum atomic E-state index is 15.3. The summed E-state index contributed by atoms with van der Waals surface area (Å²) < 4.78 is 43.9. The Morgan fingerprint density at radius 3 is 2.24 bits per heavy atom. The van der Waals surface area contributed by atoms with E-state index in [1.54, 1.807) is 14.7 Å². The third-order valence-corrected chi connectivity index (χ3v) is 14.3. The Labute approximate surface area is 407 Å². The van der Waals surface area contributed by atoms with Gasteiger partial charge in [-0.3, -0.25) is 24.6 Å². The molecule has 1 saturated carbocycles. The molecule has 0 radical (unpaired) electrons. The summed E-state index contributed by atoms with van der Waals surface area (Å²) in [6.07, 6.45) is 8.67. The number of carbonyl (C=O) groups excluding carboxylic acids is 4. The second-order valence-electron chi connectivity index (χ2n) is 20.4. The summed E-state index contributed by atoms with van der Waals surface area (Å²) >= 11 is 0. The SMILES string of the molecule is CC(C)(C)n1nc(-c2noc(C3CC3)c2-c2ncc(C3CCN(C(=O)OCC(=O)N4CCN(CC5(O)CCN(c6c(F)cc(NC7CCC(=O)NC7=O)cc6F)CC5)CC4)CC3)cn2)c2c(N)ncnc21. The molecule has 4 aromatic heterocycles. The van der Waals surface area contributed by atoms with Crippen molar-refractivity contribution in [2.24, 2.45) is 0 Å². The van der Waals surface area contributed by atoms with Crippen LogP contribution in [0.3, 0.4) is 0 Å². The molecule has 5 N–H and O–H groups in total. The lowest BCUT2D eigenvalue weighted by molar-refractivity contribution is -0.137. The van der Waals surface area contributed by atoms with Gasteiger partial charge in [-0.05, 0) is 89.3 Å². The summed E-state index contributed by atoms with van der Waals surface area (Å²) in [7, 11) is 0. The fraction of sp³-hybridized carbons (Fsp3) is 0.542. The summed E-state index contributed by atoms with van der Waals surface area (Å²) in [5.41, 5.74) is 7.99. The Morgan fingerprint density at radius 1 is 0.901 bits per heavy atom. The van der Waals surface area contributed by atoms with E-state index in [1.165, 1.54) is 6.33 Å². The van der Waals surface area contributed by atoms with Gasteiger partial charge in [0.15, 0.2) is 35.5 Å². The normalized spacial score (nSPS) is 20.4. The molecular formula is C48H58F2N14O7. The number of aliphatic hydroxyl groups is 1. The van der Waals surface area contributed by atoms with E-state index in [-0.39, 0.29) is 86.2 Å². The Balaban J connectivity index is 0.674. The second kappa shape index (κ2) is 19.0. The smallest absolute Gasteiger partial charge is 0.410 e. The number of carbonyl (C=O) groups is 4. The molecule has 5 fully saturated rings. The number of fused-ring (bicyclic) bond motifs is 1. The van der Waals surface area contributed by atoms with Crippen molar-refractivity contribution < 1.29 is 42.3 Å². The van der Waals surface area contributed by atoms with Crippen LogP contribution >= 0.6 is 0 Å². The molecule has 21 nitrogen and oxygen atoms in total. The number of hydrogen-bond donors (Lipinski definition) is 4. The Hall–Kier alpha value is -6.88. The minimum atomic E-state index is -1.09. The molecule has 23 heteroatoms. The average Bonchev–Trinajstić information content (AvgIpc) is 3.96. The number of nitrogens with zero attached hydrogens (tertiary/aromatic N) is 11. The molecule has 10 rings (SSSR count). The topological polar surface area (TPSA) is 256 Å². The molecule has 5 aliphatic rings. The summed E-state index contributed by atoms with van der Waals surface area (Å²) in [6.45, 7) is 9.15. The van der Waals surface area contributed by atoms with Crippen molar-refractivity contribution >= 4 is 52.0 Å². The molecule has 1 aromatic carbocycles. The molecule has 0 bridgehead atoms. The molecule has 4 amide bonds. The lowest BCUT2D eigenvalue weighted by Crippen LogP contribution is -2.56. The van der Waals surface area contributed by atoms with Crippen LogP contribution < -0.4 is 21.3 Å². The number of imide groups is 1. The van der Waals surface area contributed by atoms with Crippen molar-refractivity contribution in [3.63, 3.8) is 0 Å². The summed E-state index contributed by atoms with van der Waals surface area (Å²) in [4.78, 5) is 75.2. The van der Waals surface area contributed by atoms with E-state index >= 15 is 8.78 Å². The first kappa shape index (κ1) is 47.8. The van der Waals surface area contributed by atoms with Crippen molar-refractivity contribution in [3.05, 3.63) is 53.8 Å². The third kappa shape index (κ3) is 9.93. The van der Waals surface area contributed by atoms with E-state index in [9.17, 15) is 24.3 Å². The maximum Gasteiger partial charge on any atom is 0.410 e. The Kier molecular flexibility index (Phi) is 12.8. The van der Waals surface area contributed by atoms with E-state index in [0.29, 0.717) is 98.2 Å². The van der Waals surface area contributed by atoms with Crippen molar-refractivity contribution in [1.82, 2.24) is 54.9 Å². The predicted octanol–water partition coefficient (Wildman–Crippen LogP) is 4.14. The number of aromatic nitrogens is 7. The highest BCUT2D eigenvalue weighted by Gasteiger charge is 2.39. The van der Waals surface area contributed by atoms with Crippen molar-refractivity contribution in [3.8, 4) is 22.8 Å². The fourth-order valence-corrected chi connectivity index (χ4v) is 10.2. The van der Waals surface area contributed by atoms with E-state index < -0.39 is 40.8 Å². The van der Waals surface area contributed by atoms with Gasteiger partial charge in [0.1, 0.15) is 35.3 Å². The summed E-state index contributed by atoms with van der Waals surface area (Å²) in [6, 6.07) is 1.48. The second-order valence-corrected chi connectivity index (χ2v) is 20.4. The van der Waals surface area contributed by atoms with Crippen LogP contribution in [0.1, 0.15) is 95.3 Å². The number of amides is 4. The number of hydrogen-bond acceptors (Lipinski definition) is 17. The first-order valence-corrected chi connectivity index (χ1v) is 24.3. The first-order chi connectivity index (χ1) is 34.0. The first-order valence-electron chi connectivity index (χ1n) is 24.3. The highest BCUT2D eigenvalue weighted by atomic mass is 19.1. The molecule has 4 aliphatic heterocycles. The Morgan fingerprint density at radius 2 is 1.59 bits per heavy atom. The maximum absolute atomic E-state index is 15.3. The molecule has 1 unspecified atom stereocenters. The van der Waals surface area contributed by atoms with Crippen LogP contribution in [0.25, 0.3) is 33.8 Å². The number of nitrogens with one attached hydrogen (secondary N) is 2. The van der Waals surface area contributed by atoms with Gasteiger partial charge in [0.25, 0.3) is 5.91 Å². The van der Waals surface area contributed by atoms with Crippen LogP contribution in [0.5, 0.6) is 0 Å². The number of ether oxygens (including phenoxy) is 1. The zero-order chi connectivity index (χ0) is 49.8. The Bertz CT molecular complexity index is 2820. The van der Waals surface area contributed by atoms with Crippen LogP contribution in [0.2, 0.25) is 0 Å². The number of likely N-dealkylation sites (tertiary alicyclic amines) is 1. The highest BCUT2D eigenvalue weighted by Crippen LogP contribution is 2.48. The molecule has 1 aliphatic carbocycles. The lowest BCUT2D eigenvalue weighted by Gasteiger charge is -2.43. The molecule has 1 atom stereocenters. The quantitative estimate of drug-likeness (QED) is 0.136. The van der Waals surface area contributed by atoms with Crippen molar-refractivity contribution in [2.75, 3.05) is 81.5 Å². The molecule has 5 aromatic rings. The molecule has 0 spiro atoms. The lowest BCUT2D eigenvalue weighted by atomic mass is 9.90. The number of β-amino-alcohol motifs (C(OH)–C–C–N with tert-alkyl or cyclic N) is 1. The van der Waals surface area contributed by atoms with Gasteiger partial charge in [-0.15, -0.1) is 0 Å². The number of halogens is 2. The predicted molar refractivity (Wildman–Crippen MR) is 254 cm³/mol. The van der Waals surface area contributed by atoms with Crippen LogP contribution in [0.15, 0.2) is 35.4 Å². The van der Waals surface area contributed by atoms with E-state index in [4.69, 9.17) is 30.1 Å². The van der Waals surface area contributed by atoms with Gasteiger partial charge in [-0.1, -0.05) is 5.16 Å². The third-order valence-electron chi connectivity index (χ3n) is 14.3. The van der Waals surface area contributed by atoms with Crippen LogP contribution in [0, 0.1) is 11.6 Å². The number of rotatable bonds is 11. The largest absolute Gasteiger partial charge is 0.439 e. The molecule has 8 heterocycles. The van der Waals surface area contributed by atoms with Crippen LogP contribution in [-0.2, 0) is 24.7 Å². The zero-order valence-electron chi connectivity index (χ0n) is 40.0. The number of benzene rings is 1. The van der Waals surface area contributed by atoms with Crippen molar-refractivity contribution in [1.29, 1.82) is 0 Å². The van der Waals surface area contributed by atoms with Gasteiger partial charge < -0.3 is 40.1 Å². The number of piperazine rings is 1. The summed E-state index contributed by atoms with van der Waals surface area (Å²) in [5.74, 6) is -1.05. The zero-order valence-corrected chi connectivity index (χ0v) is 40.0. The molecule has 376 valence electrons. The van der Waals surface area contributed by atoms with Gasteiger partial charge >= 0.3 is 6.09 Å².